The third kappa shape index (κ3) is 2.94. The first kappa shape index (κ1) is 14.1. The molecule has 0 saturated carbocycles. The maximum absolute atomic E-state index is 4.64. The van der Waals surface area contributed by atoms with Crippen molar-refractivity contribution in [3.63, 3.8) is 0 Å². The number of rotatable bonds is 4. The number of fused-ring (bicyclic) bond motifs is 1. The van der Waals surface area contributed by atoms with E-state index in [2.05, 4.69) is 65.1 Å². The van der Waals surface area contributed by atoms with Crippen LogP contribution in [0.25, 0.3) is 0 Å². The molecule has 0 bridgehead atoms. The summed E-state index contributed by atoms with van der Waals surface area (Å²) >= 11 is 0. The summed E-state index contributed by atoms with van der Waals surface area (Å²) in [7, 11) is 0. The van der Waals surface area contributed by atoms with Crippen molar-refractivity contribution >= 4 is 5.95 Å². The van der Waals surface area contributed by atoms with Gasteiger partial charge >= 0.3 is 0 Å². The molecule has 1 aromatic carbocycles. The third-order valence-electron chi connectivity index (χ3n) is 4.00. The lowest BCUT2D eigenvalue weighted by atomic mass is 9.98. The molecule has 1 aromatic heterocycles. The van der Waals surface area contributed by atoms with E-state index in [-0.39, 0.29) is 0 Å². The zero-order chi connectivity index (χ0) is 14.8. The van der Waals surface area contributed by atoms with Gasteiger partial charge in [-0.05, 0) is 29.9 Å². The fraction of sp³-hybridized carbons (Fsp3) is 0.529. The number of anilines is 1. The number of nitrogens with zero attached hydrogens (tertiary/aromatic N) is 3. The maximum atomic E-state index is 4.64. The van der Waals surface area contributed by atoms with Gasteiger partial charge in [-0.15, -0.1) is 0 Å². The Kier molecular flexibility index (Phi) is 3.95. The van der Waals surface area contributed by atoms with Crippen LogP contribution in [0.1, 0.15) is 50.2 Å². The molecule has 1 N–H and O–H groups in total. The number of aromatic nitrogens is 3. The van der Waals surface area contributed by atoms with Crippen molar-refractivity contribution < 1.29 is 0 Å². The van der Waals surface area contributed by atoms with E-state index in [1.807, 2.05) is 0 Å². The van der Waals surface area contributed by atoms with E-state index in [9.17, 15) is 0 Å². The molecule has 0 saturated heterocycles. The Bertz CT molecular complexity index is 598. The highest BCUT2D eigenvalue weighted by molar-refractivity contribution is 5.34. The van der Waals surface area contributed by atoms with Crippen molar-refractivity contribution in [1.82, 2.24) is 14.8 Å². The fourth-order valence-corrected chi connectivity index (χ4v) is 2.95. The second kappa shape index (κ2) is 5.88. The van der Waals surface area contributed by atoms with Gasteiger partial charge in [0.25, 0.3) is 0 Å². The number of hydrogen-bond donors (Lipinski definition) is 1. The summed E-state index contributed by atoms with van der Waals surface area (Å²) < 4.78 is 2.06. The smallest absolute Gasteiger partial charge is 0.221 e. The van der Waals surface area contributed by atoms with Gasteiger partial charge in [-0.1, -0.05) is 45.0 Å². The van der Waals surface area contributed by atoms with E-state index in [1.54, 1.807) is 0 Å². The minimum Gasteiger partial charge on any atom is -0.354 e. The van der Waals surface area contributed by atoms with Crippen molar-refractivity contribution in [3.8, 4) is 0 Å². The van der Waals surface area contributed by atoms with E-state index in [4.69, 9.17) is 0 Å². The molecule has 3 rings (SSSR count). The summed E-state index contributed by atoms with van der Waals surface area (Å²) in [6.07, 6.45) is 3.08. The van der Waals surface area contributed by atoms with Crippen LogP contribution in [0.4, 0.5) is 5.95 Å². The Morgan fingerprint density at radius 1 is 1.29 bits per heavy atom. The van der Waals surface area contributed by atoms with Crippen molar-refractivity contribution in [2.45, 2.75) is 46.1 Å². The molecule has 1 aliphatic rings. The third-order valence-corrected chi connectivity index (χ3v) is 4.00. The van der Waals surface area contributed by atoms with Gasteiger partial charge in [-0.25, -0.2) is 4.68 Å². The van der Waals surface area contributed by atoms with Crippen LogP contribution in [0, 0.1) is 5.92 Å². The highest BCUT2D eigenvalue weighted by Gasteiger charge is 2.23. The normalized spacial score (nSPS) is 17.6. The molecule has 4 heteroatoms. The predicted octanol–water partition coefficient (Wildman–Crippen LogP) is 3.44. The molecular formula is C17H24N4. The van der Waals surface area contributed by atoms with Crippen LogP contribution >= 0.6 is 0 Å². The molecule has 1 aliphatic heterocycles. The van der Waals surface area contributed by atoms with Crippen molar-refractivity contribution in [1.29, 1.82) is 0 Å². The molecule has 0 fully saturated rings. The van der Waals surface area contributed by atoms with Gasteiger partial charge in [0.15, 0.2) is 5.82 Å². The lowest BCUT2D eigenvalue weighted by Gasteiger charge is -2.25. The zero-order valence-corrected chi connectivity index (χ0v) is 13.1. The van der Waals surface area contributed by atoms with Crippen LogP contribution in [0.2, 0.25) is 0 Å². The lowest BCUT2D eigenvalue weighted by Crippen LogP contribution is -2.24. The summed E-state index contributed by atoms with van der Waals surface area (Å²) in [4.78, 5) is 4.54. The molecule has 112 valence electrons. The van der Waals surface area contributed by atoms with E-state index in [0.717, 1.165) is 37.6 Å². The SMILES string of the molecule is CCc1nc2n(n1)C(c1ccc(CC(C)C)cc1)CCN2. The highest BCUT2D eigenvalue weighted by atomic mass is 15.4. The average molecular weight is 284 g/mol. The van der Waals surface area contributed by atoms with Crippen molar-refractivity contribution in [2.24, 2.45) is 5.92 Å². The van der Waals surface area contributed by atoms with Crippen molar-refractivity contribution in [3.05, 3.63) is 41.2 Å². The molecule has 4 nitrogen and oxygen atoms in total. The Hall–Kier alpha value is -1.84. The van der Waals surface area contributed by atoms with Crippen LogP contribution in [0.3, 0.4) is 0 Å². The number of hydrogen-bond acceptors (Lipinski definition) is 3. The first-order chi connectivity index (χ1) is 10.2. The molecule has 21 heavy (non-hydrogen) atoms. The standard InChI is InChI=1S/C17H24N4/c1-4-16-19-17-18-10-9-15(21(17)20-16)14-7-5-13(6-8-14)11-12(2)3/h5-8,12,15H,4,9-11H2,1-3H3,(H,18,19,20). The highest BCUT2D eigenvalue weighted by Crippen LogP contribution is 2.28. The summed E-state index contributed by atoms with van der Waals surface area (Å²) in [6, 6.07) is 9.33. The predicted molar refractivity (Wildman–Crippen MR) is 85.6 cm³/mol. The van der Waals surface area contributed by atoms with E-state index in [1.165, 1.54) is 11.1 Å². The topological polar surface area (TPSA) is 42.7 Å². The van der Waals surface area contributed by atoms with E-state index < -0.39 is 0 Å². The van der Waals surface area contributed by atoms with Gasteiger partial charge in [0.1, 0.15) is 0 Å². The van der Waals surface area contributed by atoms with Crippen LogP contribution in [0.15, 0.2) is 24.3 Å². The summed E-state index contributed by atoms with van der Waals surface area (Å²) in [5.41, 5.74) is 2.74. The Morgan fingerprint density at radius 3 is 2.71 bits per heavy atom. The van der Waals surface area contributed by atoms with Crippen molar-refractivity contribution in [2.75, 3.05) is 11.9 Å². The Morgan fingerprint density at radius 2 is 2.05 bits per heavy atom. The van der Waals surface area contributed by atoms with E-state index in [0.29, 0.717) is 12.0 Å². The van der Waals surface area contributed by atoms with Gasteiger partial charge in [0.05, 0.1) is 6.04 Å². The number of benzene rings is 1. The Balaban J connectivity index is 1.86. The number of nitrogens with one attached hydrogen (secondary N) is 1. The summed E-state index contributed by atoms with van der Waals surface area (Å²) in [6.45, 7) is 7.57. The van der Waals surface area contributed by atoms with Crippen LogP contribution in [-0.4, -0.2) is 21.3 Å². The molecule has 0 aliphatic carbocycles. The number of aryl methyl sites for hydroxylation is 1. The quantitative estimate of drug-likeness (QED) is 0.935. The minimum atomic E-state index is 0.308. The second-order valence-corrected chi connectivity index (χ2v) is 6.22. The fourth-order valence-electron chi connectivity index (χ4n) is 2.95. The van der Waals surface area contributed by atoms with Gasteiger partial charge in [0.2, 0.25) is 5.95 Å². The largest absolute Gasteiger partial charge is 0.354 e. The van der Waals surface area contributed by atoms with Gasteiger partial charge < -0.3 is 5.32 Å². The van der Waals surface area contributed by atoms with Crippen LogP contribution in [-0.2, 0) is 12.8 Å². The van der Waals surface area contributed by atoms with E-state index >= 15 is 0 Å². The lowest BCUT2D eigenvalue weighted by molar-refractivity contribution is 0.477. The zero-order valence-electron chi connectivity index (χ0n) is 13.1. The molecule has 0 spiro atoms. The first-order valence-corrected chi connectivity index (χ1v) is 7.95. The molecule has 0 amide bonds. The molecule has 1 unspecified atom stereocenters. The second-order valence-electron chi connectivity index (χ2n) is 6.22. The minimum absolute atomic E-state index is 0.308. The summed E-state index contributed by atoms with van der Waals surface area (Å²) in [5.74, 6) is 2.53. The monoisotopic (exact) mass is 284 g/mol. The molecule has 0 radical (unpaired) electrons. The molecular weight excluding hydrogens is 260 g/mol. The first-order valence-electron chi connectivity index (χ1n) is 7.95. The summed E-state index contributed by atoms with van der Waals surface area (Å²) in [5, 5.41) is 7.98. The molecule has 2 heterocycles. The average Bonchev–Trinajstić information content (AvgIpc) is 2.90. The van der Waals surface area contributed by atoms with Gasteiger partial charge in [-0.3, -0.25) is 0 Å². The van der Waals surface area contributed by atoms with Crippen LogP contribution in [0.5, 0.6) is 0 Å². The molecule has 2 aromatic rings. The van der Waals surface area contributed by atoms with Gasteiger partial charge in [-0.2, -0.15) is 10.1 Å². The van der Waals surface area contributed by atoms with Gasteiger partial charge in [0, 0.05) is 13.0 Å². The Labute approximate surface area is 126 Å². The molecule has 1 atom stereocenters. The van der Waals surface area contributed by atoms with Crippen LogP contribution < -0.4 is 5.32 Å². The maximum Gasteiger partial charge on any atom is 0.221 e.